The Bertz CT molecular complexity index is 881. The van der Waals surface area contributed by atoms with Crippen LogP contribution in [-0.2, 0) is 7.05 Å². The Hall–Kier alpha value is -2.21. The van der Waals surface area contributed by atoms with Crippen LogP contribution in [0.4, 0.5) is 4.39 Å². The Balaban J connectivity index is 1.80. The summed E-state index contributed by atoms with van der Waals surface area (Å²) in [7, 11) is 3.87. The predicted octanol–water partition coefficient (Wildman–Crippen LogP) is 2.82. The molecule has 1 aliphatic rings. The maximum absolute atomic E-state index is 14.6. The summed E-state index contributed by atoms with van der Waals surface area (Å²) in [6, 6.07) is 4.24. The van der Waals surface area contributed by atoms with Gasteiger partial charge in [-0.05, 0) is 50.2 Å². The molecular formula is C18H22FN5. The molecule has 2 aromatic heterocycles. The molecule has 0 aliphatic carbocycles. The minimum Gasteiger partial charge on any atom is -0.303 e. The number of benzene rings is 1. The Labute approximate surface area is 140 Å². The molecule has 3 aromatic rings. The molecule has 0 bridgehead atoms. The molecule has 1 aromatic carbocycles. The largest absolute Gasteiger partial charge is 0.303 e. The van der Waals surface area contributed by atoms with Gasteiger partial charge in [0.15, 0.2) is 0 Å². The number of hydrogen-bond acceptors (Lipinski definition) is 3. The molecule has 3 heterocycles. The van der Waals surface area contributed by atoms with Gasteiger partial charge < -0.3 is 4.90 Å². The lowest BCUT2D eigenvalue weighted by Gasteiger charge is -2.33. The average molecular weight is 327 g/mol. The molecule has 5 nitrogen and oxygen atoms in total. The molecule has 0 amide bonds. The van der Waals surface area contributed by atoms with Crippen molar-refractivity contribution in [2.45, 2.75) is 25.4 Å². The summed E-state index contributed by atoms with van der Waals surface area (Å²) in [4.78, 5) is 2.06. The normalized spacial score (nSPS) is 22.3. The van der Waals surface area contributed by atoms with E-state index >= 15 is 0 Å². The maximum atomic E-state index is 14.6. The molecule has 126 valence electrons. The monoisotopic (exact) mass is 327 g/mol. The molecule has 1 saturated heterocycles. The maximum Gasteiger partial charge on any atom is 0.120 e. The van der Waals surface area contributed by atoms with Gasteiger partial charge in [-0.25, -0.2) is 9.07 Å². The van der Waals surface area contributed by atoms with Crippen molar-refractivity contribution in [3.63, 3.8) is 0 Å². The number of piperidine rings is 1. The third-order valence-corrected chi connectivity index (χ3v) is 5.04. The molecule has 1 fully saturated rings. The lowest BCUT2D eigenvalue weighted by Crippen LogP contribution is -2.38. The fraction of sp³-hybridized carbons (Fsp3) is 0.444. The fourth-order valence-electron chi connectivity index (χ4n) is 3.73. The standard InChI is InChI=1S/C18H22FN5/c1-12-6-13-8-21-24(14-9-20-23(3)10-14)18(13)7-16(12)15-4-5-22(2)11-17(15)19/h6-10,15,17H,4-5,11H2,1-3H3/t15?,17-/m1/s1. The number of hydrogen-bond donors (Lipinski definition) is 0. The van der Waals surface area contributed by atoms with E-state index in [9.17, 15) is 4.39 Å². The summed E-state index contributed by atoms with van der Waals surface area (Å²) in [6.45, 7) is 3.51. The number of aromatic nitrogens is 4. The van der Waals surface area contributed by atoms with Gasteiger partial charge in [-0.1, -0.05) is 0 Å². The predicted molar refractivity (Wildman–Crippen MR) is 92.3 cm³/mol. The quantitative estimate of drug-likeness (QED) is 0.726. The second kappa shape index (κ2) is 5.70. The Morgan fingerprint density at radius 3 is 2.71 bits per heavy atom. The van der Waals surface area contributed by atoms with Crippen molar-refractivity contribution < 1.29 is 4.39 Å². The molecule has 2 atom stereocenters. The summed E-state index contributed by atoms with van der Waals surface area (Å²) in [5, 5.41) is 9.79. The fourth-order valence-corrected chi connectivity index (χ4v) is 3.73. The molecule has 1 aliphatic heterocycles. The second-order valence-electron chi connectivity index (χ2n) is 6.87. The molecule has 24 heavy (non-hydrogen) atoms. The molecular weight excluding hydrogens is 305 g/mol. The van der Waals surface area contributed by atoms with Crippen molar-refractivity contribution in [2.75, 3.05) is 20.1 Å². The van der Waals surface area contributed by atoms with Crippen molar-refractivity contribution in [1.29, 1.82) is 0 Å². The summed E-state index contributed by atoms with van der Waals surface area (Å²) in [5.74, 6) is -0.0390. The molecule has 0 N–H and O–H groups in total. The van der Waals surface area contributed by atoms with Gasteiger partial charge >= 0.3 is 0 Å². The van der Waals surface area contributed by atoms with Crippen LogP contribution in [0, 0.1) is 6.92 Å². The first kappa shape index (κ1) is 15.3. The lowest BCUT2D eigenvalue weighted by atomic mass is 9.85. The van der Waals surface area contributed by atoms with Gasteiger partial charge in [0.1, 0.15) is 11.9 Å². The van der Waals surface area contributed by atoms with E-state index in [1.54, 1.807) is 10.9 Å². The third-order valence-electron chi connectivity index (χ3n) is 5.04. The van der Waals surface area contributed by atoms with Crippen molar-refractivity contribution in [3.05, 3.63) is 41.9 Å². The van der Waals surface area contributed by atoms with E-state index in [0.29, 0.717) is 6.54 Å². The zero-order valence-corrected chi connectivity index (χ0v) is 14.3. The van der Waals surface area contributed by atoms with Crippen molar-refractivity contribution >= 4 is 10.9 Å². The van der Waals surface area contributed by atoms with E-state index in [1.807, 2.05) is 31.2 Å². The highest BCUT2D eigenvalue weighted by atomic mass is 19.1. The van der Waals surface area contributed by atoms with Crippen LogP contribution in [-0.4, -0.2) is 50.8 Å². The smallest absolute Gasteiger partial charge is 0.120 e. The van der Waals surface area contributed by atoms with E-state index in [2.05, 4.69) is 34.2 Å². The highest BCUT2D eigenvalue weighted by Gasteiger charge is 2.30. The summed E-state index contributed by atoms with van der Waals surface area (Å²) >= 11 is 0. The van der Waals surface area contributed by atoms with Gasteiger partial charge in [0.2, 0.25) is 0 Å². The number of fused-ring (bicyclic) bond motifs is 1. The molecule has 1 unspecified atom stereocenters. The third kappa shape index (κ3) is 2.51. The van der Waals surface area contributed by atoms with Gasteiger partial charge in [-0.2, -0.15) is 10.2 Å². The van der Waals surface area contributed by atoms with Crippen LogP contribution < -0.4 is 0 Å². The lowest BCUT2D eigenvalue weighted by molar-refractivity contribution is 0.139. The average Bonchev–Trinajstić information content (AvgIpc) is 3.12. The van der Waals surface area contributed by atoms with Crippen molar-refractivity contribution in [3.8, 4) is 5.69 Å². The van der Waals surface area contributed by atoms with Gasteiger partial charge in [0.05, 0.1) is 24.1 Å². The molecule has 0 radical (unpaired) electrons. The first-order chi connectivity index (χ1) is 11.5. The first-order valence-corrected chi connectivity index (χ1v) is 8.33. The highest BCUT2D eigenvalue weighted by molar-refractivity contribution is 5.82. The minimum atomic E-state index is -0.824. The summed E-state index contributed by atoms with van der Waals surface area (Å²) in [5.41, 5.74) is 4.18. The van der Waals surface area contributed by atoms with E-state index in [-0.39, 0.29) is 5.92 Å². The van der Waals surface area contributed by atoms with Crippen molar-refractivity contribution in [2.24, 2.45) is 7.05 Å². The minimum absolute atomic E-state index is 0.0390. The number of rotatable bonds is 2. The first-order valence-electron chi connectivity index (χ1n) is 8.33. The molecule has 0 saturated carbocycles. The number of halogens is 1. The van der Waals surface area contributed by atoms with Crippen molar-refractivity contribution in [1.82, 2.24) is 24.5 Å². The van der Waals surface area contributed by atoms with E-state index in [4.69, 9.17) is 0 Å². The van der Waals surface area contributed by atoms with Crippen LogP contribution in [0.25, 0.3) is 16.6 Å². The number of alkyl halides is 1. The van der Waals surface area contributed by atoms with Crippen LogP contribution in [0.3, 0.4) is 0 Å². The zero-order chi connectivity index (χ0) is 16.8. The van der Waals surface area contributed by atoms with Crippen LogP contribution in [0.2, 0.25) is 0 Å². The molecule has 0 spiro atoms. The Morgan fingerprint density at radius 2 is 2.00 bits per heavy atom. The topological polar surface area (TPSA) is 38.9 Å². The van der Waals surface area contributed by atoms with E-state index in [0.717, 1.165) is 40.7 Å². The molecule has 6 heteroatoms. The SMILES string of the molecule is Cc1cc2cnn(-c3cnn(C)c3)c2cc1C1CCN(C)C[C@H]1F. The van der Waals surface area contributed by atoms with Gasteiger partial charge in [0.25, 0.3) is 0 Å². The van der Waals surface area contributed by atoms with Gasteiger partial charge in [0, 0.05) is 24.9 Å². The van der Waals surface area contributed by atoms with Crippen LogP contribution >= 0.6 is 0 Å². The summed E-state index contributed by atoms with van der Waals surface area (Å²) < 4.78 is 18.3. The Morgan fingerprint density at radius 1 is 1.17 bits per heavy atom. The molecule has 4 rings (SSSR count). The van der Waals surface area contributed by atoms with Gasteiger partial charge in [-0.15, -0.1) is 0 Å². The number of aryl methyl sites for hydroxylation is 2. The zero-order valence-electron chi connectivity index (χ0n) is 14.3. The van der Waals surface area contributed by atoms with E-state index in [1.165, 1.54) is 0 Å². The second-order valence-corrected chi connectivity index (χ2v) is 6.87. The van der Waals surface area contributed by atoms with Gasteiger partial charge in [-0.3, -0.25) is 4.68 Å². The van der Waals surface area contributed by atoms with Crippen LogP contribution in [0.1, 0.15) is 23.5 Å². The van der Waals surface area contributed by atoms with Crippen LogP contribution in [0.15, 0.2) is 30.7 Å². The Kier molecular flexibility index (Phi) is 3.64. The van der Waals surface area contributed by atoms with E-state index < -0.39 is 6.17 Å². The highest BCUT2D eigenvalue weighted by Crippen LogP contribution is 2.34. The van der Waals surface area contributed by atoms with Crippen LogP contribution in [0.5, 0.6) is 0 Å². The summed E-state index contributed by atoms with van der Waals surface area (Å²) in [6.07, 6.45) is 5.61. The number of likely N-dealkylation sites (tertiary alicyclic amines) is 1. The number of nitrogens with zero attached hydrogens (tertiary/aromatic N) is 5.